The minimum Gasteiger partial charge on any atom is -0.355 e. The molecule has 0 aliphatic carbocycles. The molecule has 0 spiro atoms. The van der Waals surface area contributed by atoms with Crippen LogP contribution in [0, 0.1) is 5.92 Å². The van der Waals surface area contributed by atoms with Gasteiger partial charge in [-0.1, -0.05) is 20.8 Å². The lowest BCUT2D eigenvalue weighted by Gasteiger charge is -2.17. The third-order valence-electron chi connectivity index (χ3n) is 3.11. The minimum atomic E-state index is 0.479. The molecule has 0 bridgehead atoms. The Kier molecular flexibility index (Phi) is 3.94. The van der Waals surface area contributed by atoms with Crippen molar-refractivity contribution in [2.45, 2.75) is 39.8 Å². The number of hydrogen-bond acceptors (Lipinski definition) is 4. The molecular weight excluding hydrogens is 212 g/mol. The third-order valence-corrected chi connectivity index (χ3v) is 3.11. The third kappa shape index (κ3) is 3.40. The standard InChI is InChI=1S/C13H22N4/c1-10(2)15-7-12-6-14-8-13(16-12)17-5-4-11(3)9-17/h6,8,10-11,15H,4-5,7,9H2,1-3H3. The van der Waals surface area contributed by atoms with Crippen LogP contribution in [0.15, 0.2) is 12.4 Å². The van der Waals surface area contributed by atoms with Crippen LogP contribution in [0.4, 0.5) is 5.82 Å². The second kappa shape index (κ2) is 5.45. The van der Waals surface area contributed by atoms with E-state index < -0.39 is 0 Å². The van der Waals surface area contributed by atoms with Crippen molar-refractivity contribution in [1.29, 1.82) is 0 Å². The molecule has 2 heterocycles. The van der Waals surface area contributed by atoms with Gasteiger partial charge in [0.15, 0.2) is 0 Å². The van der Waals surface area contributed by atoms with E-state index in [9.17, 15) is 0 Å². The van der Waals surface area contributed by atoms with Crippen molar-refractivity contribution >= 4 is 5.82 Å². The molecule has 0 radical (unpaired) electrons. The summed E-state index contributed by atoms with van der Waals surface area (Å²) in [7, 11) is 0. The van der Waals surface area contributed by atoms with Crippen LogP contribution in [-0.2, 0) is 6.54 Å². The van der Waals surface area contributed by atoms with Gasteiger partial charge in [0.1, 0.15) is 5.82 Å². The second-order valence-electron chi connectivity index (χ2n) is 5.24. The lowest BCUT2D eigenvalue weighted by atomic mass is 10.2. The number of aromatic nitrogens is 2. The highest BCUT2D eigenvalue weighted by atomic mass is 15.2. The molecule has 0 aromatic carbocycles. The van der Waals surface area contributed by atoms with Crippen LogP contribution in [0.1, 0.15) is 32.9 Å². The summed E-state index contributed by atoms with van der Waals surface area (Å²) < 4.78 is 0. The molecule has 1 aromatic heterocycles. The van der Waals surface area contributed by atoms with E-state index in [1.807, 2.05) is 12.4 Å². The Labute approximate surface area is 103 Å². The Morgan fingerprint density at radius 3 is 2.94 bits per heavy atom. The van der Waals surface area contributed by atoms with Crippen LogP contribution < -0.4 is 10.2 Å². The summed E-state index contributed by atoms with van der Waals surface area (Å²) in [5, 5.41) is 3.37. The van der Waals surface area contributed by atoms with Crippen molar-refractivity contribution in [2.75, 3.05) is 18.0 Å². The summed E-state index contributed by atoms with van der Waals surface area (Å²) in [5.74, 6) is 1.80. The smallest absolute Gasteiger partial charge is 0.147 e. The van der Waals surface area contributed by atoms with E-state index in [-0.39, 0.29) is 0 Å². The quantitative estimate of drug-likeness (QED) is 0.863. The fourth-order valence-corrected chi connectivity index (χ4v) is 2.08. The van der Waals surface area contributed by atoms with Crippen molar-refractivity contribution in [1.82, 2.24) is 15.3 Å². The first-order valence-corrected chi connectivity index (χ1v) is 6.44. The van der Waals surface area contributed by atoms with Gasteiger partial charge in [-0.05, 0) is 12.3 Å². The summed E-state index contributed by atoms with van der Waals surface area (Å²) in [6.07, 6.45) is 4.98. The molecule has 1 aliphatic rings. The first-order chi connectivity index (χ1) is 8.15. The number of nitrogens with one attached hydrogen (secondary N) is 1. The monoisotopic (exact) mass is 234 g/mol. The van der Waals surface area contributed by atoms with E-state index in [1.165, 1.54) is 6.42 Å². The van der Waals surface area contributed by atoms with Crippen molar-refractivity contribution in [3.63, 3.8) is 0 Å². The average Bonchev–Trinajstić information content (AvgIpc) is 2.74. The Balaban J connectivity index is 2.01. The van der Waals surface area contributed by atoms with E-state index in [2.05, 4.69) is 41.0 Å². The topological polar surface area (TPSA) is 41.1 Å². The maximum atomic E-state index is 4.66. The summed E-state index contributed by atoms with van der Waals surface area (Å²) in [5.41, 5.74) is 1.02. The lowest BCUT2D eigenvalue weighted by Crippen LogP contribution is -2.24. The molecule has 1 N–H and O–H groups in total. The molecule has 1 unspecified atom stereocenters. The van der Waals surface area contributed by atoms with E-state index in [0.29, 0.717) is 6.04 Å². The first-order valence-electron chi connectivity index (χ1n) is 6.44. The Morgan fingerprint density at radius 2 is 2.29 bits per heavy atom. The van der Waals surface area contributed by atoms with Gasteiger partial charge < -0.3 is 10.2 Å². The first kappa shape index (κ1) is 12.3. The number of anilines is 1. The molecular formula is C13H22N4. The fourth-order valence-electron chi connectivity index (χ4n) is 2.08. The van der Waals surface area contributed by atoms with Crippen LogP contribution in [0.5, 0.6) is 0 Å². The van der Waals surface area contributed by atoms with Gasteiger partial charge in [-0.3, -0.25) is 4.98 Å². The van der Waals surface area contributed by atoms with Gasteiger partial charge >= 0.3 is 0 Å². The summed E-state index contributed by atoms with van der Waals surface area (Å²) in [6, 6.07) is 0.479. The second-order valence-corrected chi connectivity index (χ2v) is 5.24. The summed E-state index contributed by atoms with van der Waals surface area (Å²) in [4.78, 5) is 11.3. The molecule has 0 amide bonds. The van der Waals surface area contributed by atoms with Crippen molar-refractivity contribution in [3.8, 4) is 0 Å². The summed E-state index contributed by atoms with van der Waals surface area (Å²) >= 11 is 0. The Morgan fingerprint density at radius 1 is 1.47 bits per heavy atom. The SMILES string of the molecule is CC1CCN(c2cncc(CNC(C)C)n2)C1. The predicted molar refractivity (Wildman–Crippen MR) is 70.0 cm³/mol. The Hall–Kier alpha value is -1.16. The largest absolute Gasteiger partial charge is 0.355 e. The van der Waals surface area contributed by atoms with Crippen LogP contribution in [0.3, 0.4) is 0 Å². The highest BCUT2D eigenvalue weighted by Gasteiger charge is 2.20. The van der Waals surface area contributed by atoms with Crippen LogP contribution in [-0.4, -0.2) is 29.1 Å². The summed E-state index contributed by atoms with van der Waals surface area (Å²) in [6.45, 7) is 9.57. The van der Waals surface area contributed by atoms with E-state index in [4.69, 9.17) is 0 Å². The van der Waals surface area contributed by atoms with Crippen LogP contribution in [0.25, 0.3) is 0 Å². The average molecular weight is 234 g/mol. The molecule has 4 heteroatoms. The van der Waals surface area contributed by atoms with Gasteiger partial charge in [-0.2, -0.15) is 0 Å². The molecule has 2 rings (SSSR count). The zero-order valence-electron chi connectivity index (χ0n) is 11.0. The normalized spacial score (nSPS) is 20.2. The van der Waals surface area contributed by atoms with Crippen molar-refractivity contribution in [3.05, 3.63) is 18.1 Å². The molecule has 0 saturated carbocycles. The Bertz CT molecular complexity index is 364. The number of hydrogen-bond donors (Lipinski definition) is 1. The van der Waals surface area contributed by atoms with Gasteiger partial charge in [-0.15, -0.1) is 0 Å². The van der Waals surface area contributed by atoms with Crippen molar-refractivity contribution in [2.24, 2.45) is 5.92 Å². The van der Waals surface area contributed by atoms with E-state index in [0.717, 1.165) is 37.1 Å². The predicted octanol–water partition coefficient (Wildman–Crippen LogP) is 1.82. The highest BCUT2D eigenvalue weighted by Crippen LogP contribution is 2.20. The molecule has 1 atom stereocenters. The molecule has 1 aliphatic heterocycles. The zero-order chi connectivity index (χ0) is 12.3. The van der Waals surface area contributed by atoms with Gasteiger partial charge in [-0.25, -0.2) is 4.98 Å². The fraction of sp³-hybridized carbons (Fsp3) is 0.692. The van der Waals surface area contributed by atoms with Gasteiger partial charge in [0.2, 0.25) is 0 Å². The van der Waals surface area contributed by atoms with Gasteiger partial charge in [0.05, 0.1) is 11.9 Å². The molecule has 4 nitrogen and oxygen atoms in total. The lowest BCUT2D eigenvalue weighted by molar-refractivity contribution is 0.580. The molecule has 94 valence electrons. The molecule has 1 saturated heterocycles. The highest BCUT2D eigenvalue weighted by molar-refractivity contribution is 5.37. The van der Waals surface area contributed by atoms with E-state index in [1.54, 1.807) is 0 Å². The maximum Gasteiger partial charge on any atom is 0.147 e. The minimum absolute atomic E-state index is 0.479. The number of nitrogens with zero attached hydrogens (tertiary/aromatic N) is 3. The van der Waals surface area contributed by atoms with E-state index >= 15 is 0 Å². The molecule has 17 heavy (non-hydrogen) atoms. The number of rotatable bonds is 4. The van der Waals surface area contributed by atoms with Crippen molar-refractivity contribution < 1.29 is 0 Å². The van der Waals surface area contributed by atoms with Crippen LogP contribution >= 0.6 is 0 Å². The maximum absolute atomic E-state index is 4.66. The van der Waals surface area contributed by atoms with Gasteiger partial charge in [0.25, 0.3) is 0 Å². The zero-order valence-corrected chi connectivity index (χ0v) is 11.0. The molecule has 1 aromatic rings. The van der Waals surface area contributed by atoms with Gasteiger partial charge in [0, 0.05) is 31.9 Å². The molecule has 1 fully saturated rings. The van der Waals surface area contributed by atoms with Crippen LogP contribution in [0.2, 0.25) is 0 Å².